The standard InChI is InChI=1S/C16H20N6O2/c1-3-22-14(23)9-12-10-21(8-5-13(12)20-22)11(2)15(24)19-16-17-6-4-7-18-16/h4,6-7,9,11H,3,5,8,10H2,1-2H3,(H,17,18,19,24)/t11-/m1/s1. The van der Waals surface area contributed by atoms with E-state index in [1.165, 1.54) is 4.68 Å². The van der Waals surface area contributed by atoms with Crippen molar-refractivity contribution in [1.29, 1.82) is 0 Å². The van der Waals surface area contributed by atoms with Crippen LogP contribution in [0.1, 0.15) is 25.1 Å². The number of aromatic nitrogens is 4. The predicted molar refractivity (Wildman–Crippen MR) is 88.4 cm³/mol. The first-order valence-electron chi connectivity index (χ1n) is 8.00. The van der Waals surface area contributed by atoms with Gasteiger partial charge in [-0.3, -0.25) is 19.8 Å². The van der Waals surface area contributed by atoms with Crippen molar-refractivity contribution >= 4 is 11.9 Å². The molecule has 8 nitrogen and oxygen atoms in total. The van der Waals surface area contributed by atoms with Crippen LogP contribution in [0.25, 0.3) is 0 Å². The van der Waals surface area contributed by atoms with Crippen LogP contribution in [-0.2, 0) is 24.3 Å². The molecule has 0 fully saturated rings. The van der Waals surface area contributed by atoms with E-state index in [2.05, 4.69) is 20.4 Å². The normalized spacial score (nSPS) is 15.6. The van der Waals surface area contributed by atoms with Gasteiger partial charge in [-0.1, -0.05) is 0 Å². The third-order valence-electron chi connectivity index (χ3n) is 4.20. The van der Waals surface area contributed by atoms with Gasteiger partial charge in [-0.15, -0.1) is 0 Å². The van der Waals surface area contributed by atoms with Gasteiger partial charge in [0.2, 0.25) is 11.9 Å². The molecule has 3 rings (SSSR count). The molecule has 0 radical (unpaired) electrons. The Bertz CT molecular complexity index is 789. The van der Waals surface area contributed by atoms with Gasteiger partial charge < -0.3 is 0 Å². The quantitative estimate of drug-likeness (QED) is 0.875. The Morgan fingerprint density at radius 3 is 2.83 bits per heavy atom. The summed E-state index contributed by atoms with van der Waals surface area (Å²) in [5.74, 6) is 0.124. The lowest BCUT2D eigenvalue weighted by Gasteiger charge is -2.32. The average Bonchev–Trinajstić information content (AvgIpc) is 2.60. The fourth-order valence-electron chi connectivity index (χ4n) is 2.76. The third kappa shape index (κ3) is 3.33. The molecule has 3 heterocycles. The van der Waals surface area contributed by atoms with Crippen LogP contribution in [0, 0.1) is 0 Å². The number of aryl methyl sites for hydroxylation is 1. The Kier molecular flexibility index (Phi) is 4.66. The van der Waals surface area contributed by atoms with Crippen molar-refractivity contribution < 1.29 is 4.79 Å². The highest BCUT2D eigenvalue weighted by atomic mass is 16.2. The largest absolute Gasteiger partial charge is 0.293 e. The Morgan fingerprint density at radius 2 is 2.12 bits per heavy atom. The maximum absolute atomic E-state index is 12.4. The number of rotatable bonds is 4. The minimum Gasteiger partial charge on any atom is -0.293 e. The molecule has 2 aromatic rings. The van der Waals surface area contributed by atoms with Gasteiger partial charge in [0.25, 0.3) is 5.56 Å². The molecule has 0 aliphatic carbocycles. The number of carbonyl (C=O) groups excluding carboxylic acids is 1. The van der Waals surface area contributed by atoms with Crippen molar-refractivity contribution in [2.24, 2.45) is 0 Å². The molecule has 1 atom stereocenters. The van der Waals surface area contributed by atoms with Crippen LogP contribution in [0.5, 0.6) is 0 Å². The minimum atomic E-state index is -0.351. The van der Waals surface area contributed by atoms with Crippen LogP contribution in [0.2, 0.25) is 0 Å². The van der Waals surface area contributed by atoms with Crippen LogP contribution in [0.3, 0.4) is 0 Å². The average molecular weight is 328 g/mol. The monoisotopic (exact) mass is 328 g/mol. The summed E-state index contributed by atoms with van der Waals surface area (Å²) in [5, 5.41) is 7.10. The van der Waals surface area contributed by atoms with E-state index >= 15 is 0 Å². The van der Waals surface area contributed by atoms with Gasteiger partial charge in [-0.2, -0.15) is 5.10 Å². The highest BCUT2D eigenvalue weighted by Gasteiger charge is 2.27. The van der Waals surface area contributed by atoms with Gasteiger partial charge in [0, 0.05) is 44.5 Å². The highest BCUT2D eigenvalue weighted by molar-refractivity contribution is 5.93. The van der Waals surface area contributed by atoms with Gasteiger partial charge in [0.05, 0.1) is 11.7 Å². The molecule has 0 spiro atoms. The molecular weight excluding hydrogens is 308 g/mol. The number of nitrogens with zero attached hydrogens (tertiary/aromatic N) is 5. The lowest BCUT2D eigenvalue weighted by Crippen LogP contribution is -2.45. The second-order valence-corrected chi connectivity index (χ2v) is 5.73. The van der Waals surface area contributed by atoms with E-state index in [1.54, 1.807) is 24.5 Å². The van der Waals surface area contributed by atoms with Crippen molar-refractivity contribution in [3.05, 3.63) is 46.1 Å². The topological polar surface area (TPSA) is 93.0 Å². The molecule has 0 saturated carbocycles. The van der Waals surface area contributed by atoms with Gasteiger partial charge >= 0.3 is 0 Å². The molecule has 126 valence electrons. The zero-order chi connectivity index (χ0) is 17.1. The summed E-state index contributed by atoms with van der Waals surface area (Å²) in [4.78, 5) is 34.4. The molecule has 1 aliphatic heterocycles. The maximum Gasteiger partial charge on any atom is 0.267 e. The number of nitrogens with one attached hydrogen (secondary N) is 1. The van der Waals surface area contributed by atoms with E-state index < -0.39 is 0 Å². The van der Waals surface area contributed by atoms with Crippen molar-refractivity contribution in [2.45, 2.75) is 39.4 Å². The zero-order valence-corrected chi connectivity index (χ0v) is 13.8. The van der Waals surface area contributed by atoms with Crippen LogP contribution < -0.4 is 10.9 Å². The molecule has 0 unspecified atom stereocenters. The van der Waals surface area contributed by atoms with Crippen molar-refractivity contribution in [1.82, 2.24) is 24.6 Å². The molecule has 1 N–H and O–H groups in total. The molecule has 0 bridgehead atoms. The van der Waals surface area contributed by atoms with E-state index in [0.717, 1.165) is 17.7 Å². The second-order valence-electron chi connectivity index (χ2n) is 5.73. The molecule has 2 aromatic heterocycles. The van der Waals surface area contributed by atoms with E-state index in [0.29, 0.717) is 25.6 Å². The predicted octanol–water partition coefficient (Wildman–Crippen LogP) is 0.438. The number of fused-ring (bicyclic) bond motifs is 1. The number of amides is 1. The molecule has 1 aliphatic rings. The fourth-order valence-corrected chi connectivity index (χ4v) is 2.76. The Labute approximate surface area is 139 Å². The van der Waals surface area contributed by atoms with Crippen molar-refractivity contribution in [2.75, 3.05) is 11.9 Å². The summed E-state index contributed by atoms with van der Waals surface area (Å²) in [5.41, 5.74) is 1.73. The smallest absolute Gasteiger partial charge is 0.267 e. The van der Waals surface area contributed by atoms with E-state index in [-0.39, 0.29) is 17.5 Å². The summed E-state index contributed by atoms with van der Waals surface area (Å²) in [6.07, 6.45) is 3.87. The minimum absolute atomic E-state index is 0.104. The molecular formula is C16H20N6O2. The summed E-state index contributed by atoms with van der Waals surface area (Å²) in [6.45, 7) is 5.54. The Balaban J connectivity index is 1.71. The summed E-state index contributed by atoms with van der Waals surface area (Å²) in [6, 6.07) is 2.97. The molecule has 24 heavy (non-hydrogen) atoms. The number of hydrogen-bond donors (Lipinski definition) is 1. The second kappa shape index (κ2) is 6.88. The lowest BCUT2D eigenvalue weighted by molar-refractivity contribution is -0.121. The summed E-state index contributed by atoms with van der Waals surface area (Å²) >= 11 is 0. The lowest BCUT2D eigenvalue weighted by atomic mass is 10.0. The fraction of sp³-hybridized carbons (Fsp3) is 0.438. The first kappa shape index (κ1) is 16.3. The maximum atomic E-state index is 12.4. The van der Waals surface area contributed by atoms with E-state index in [9.17, 15) is 9.59 Å². The first-order chi connectivity index (χ1) is 11.6. The van der Waals surface area contributed by atoms with Gasteiger partial charge in [0.15, 0.2) is 0 Å². The Hall–Kier alpha value is -2.61. The zero-order valence-electron chi connectivity index (χ0n) is 13.8. The molecule has 1 amide bonds. The molecule has 0 saturated heterocycles. The Morgan fingerprint density at radius 1 is 1.38 bits per heavy atom. The van der Waals surface area contributed by atoms with Crippen LogP contribution in [-0.4, -0.2) is 43.1 Å². The molecule has 0 aromatic carbocycles. The van der Waals surface area contributed by atoms with Gasteiger partial charge in [0.1, 0.15) is 0 Å². The first-order valence-corrected chi connectivity index (χ1v) is 8.00. The summed E-state index contributed by atoms with van der Waals surface area (Å²) < 4.78 is 1.47. The van der Waals surface area contributed by atoms with Crippen LogP contribution in [0.4, 0.5) is 5.95 Å². The number of hydrogen-bond acceptors (Lipinski definition) is 6. The molecule has 8 heteroatoms. The van der Waals surface area contributed by atoms with E-state index in [1.807, 2.05) is 18.7 Å². The van der Waals surface area contributed by atoms with Crippen molar-refractivity contribution in [3.63, 3.8) is 0 Å². The summed E-state index contributed by atoms with van der Waals surface area (Å²) in [7, 11) is 0. The number of anilines is 1. The SMILES string of the molecule is CCn1nc2c(cc1=O)CN([C@H](C)C(=O)Nc1ncccn1)CC2. The van der Waals surface area contributed by atoms with Crippen LogP contribution in [0.15, 0.2) is 29.3 Å². The number of carbonyl (C=O) groups is 1. The van der Waals surface area contributed by atoms with Crippen LogP contribution >= 0.6 is 0 Å². The van der Waals surface area contributed by atoms with Gasteiger partial charge in [-0.25, -0.2) is 14.6 Å². The van der Waals surface area contributed by atoms with Gasteiger partial charge in [-0.05, 0) is 25.5 Å². The van der Waals surface area contributed by atoms with Crippen molar-refractivity contribution in [3.8, 4) is 0 Å². The van der Waals surface area contributed by atoms with E-state index in [4.69, 9.17) is 0 Å². The highest BCUT2D eigenvalue weighted by Crippen LogP contribution is 2.18. The third-order valence-corrected chi connectivity index (χ3v) is 4.20.